The SMILES string of the molecule is COc1cccc(-c2cccc(C3(c4ccc(OS(=O)(=O)C(C)C)cc4)N=C(N)N(C)C3=O)c2)c1. The van der Waals surface area contributed by atoms with Crippen LogP contribution < -0.4 is 14.7 Å². The molecule has 1 unspecified atom stereocenters. The van der Waals surface area contributed by atoms with Gasteiger partial charge >= 0.3 is 10.1 Å². The van der Waals surface area contributed by atoms with Gasteiger partial charge < -0.3 is 14.7 Å². The number of hydrogen-bond donors (Lipinski definition) is 1. The van der Waals surface area contributed by atoms with Gasteiger partial charge in [0.15, 0.2) is 11.5 Å². The first kappa shape index (κ1) is 24.3. The summed E-state index contributed by atoms with van der Waals surface area (Å²) in [6.07, 6.45) is 0. The lowest BCUT2D eigenvalue weighted by molar-refractivity contribution is -0.129. The molecule has 4 rings (SSSR count). The van der Waals surface area contributed by atoms with Crippen molar-refractivity contribution in [2.45, 2.75) is 24.6 Å². The number of rotatable bonds is 7. The van der Waals surface area contributed by atoms with Crippen molar-refractivity contribution in [1.82, 2.24) is 4.90 Å². The van der Waals surface area contributed by atoms with Crippen molar-refractivity contribution in [3.05, 3.63) is 83.9 Å². The van der Waals surface area contributed by atoms with E-state index in [4.69, 9.17) is 14.7 Å². The molecule has 0 saturated carbocycles. The average Bonchev–Trinajstić information content (AvgIpc) is 3.09. The highest BCUT2D eigenvalue weighted by Gasteiger charge is 2.49. The van der Waals surface area contributed by atoms with E-state index < -0.39 is 20.9 Å². The van der Waals surface area contributed by atoms with Crippen LogP contribution in [0, 0.1) is 0 Å². The first-order chi connectivity index (χ1) is 16.6. The molecule has 0 aliphatic carbocycles. The van der Waals surface area contributed by atoms with Crippen molar-refractivity contribution >= 4 is 22.0 Å². The number of aliphatic imine (C=N–C) groups is 1. The zero-order valence-corrected chi connectivity index (χ0v) is 20.7. The molecule has 0 aromatic heterocycles. The zero-order chi connectivity index (χ0) is 25.4. The smallest absolute Gasteiger partial charge is 0.311 e. The van der Waals surface area contributed by atoms with Crippen molar-refractivity contribution in [2.75, 3.05) is 14.2 Å². The third-order valence-corrected chi connectivity index (χ3v) is 7.56. The maximum atomic E-state index is 13.6. The minimum absolute atomic E-state index is 0.0875. The van der Waals surface area contributed by atoms with Crippen LogP contribution in [-0.2, 0) is 20.5 Å². The van der Waals surface area contributed by atoms with Gasteiger partial charge in [-0.25, -0.2) is 4.99 Å². The molecule has 1 aliphatic rings. The molecule has 3 aromatic carbocycles. The maximum absolute atomic E-state index is 13.6. The largest absolute Gasteiger partial charge is 0.497 e. The van der Waals surface area contributed by atoms with Gasteiger partial charge in [-0.2, -0.15) is 8.42 Å². The van der Waals surface area contributed by atoms with Crippen LogP contribution in [0.2, 0.25) is 0 Å². The molecule has 1 aliphatic heterocycles. The summed E-state index contributed by atoms with van der Waals surface area (Å²) in [6.45, 7) is 3.08. The molecule has 1 amide bonds. The number of benzene rings is 3. The number of likely N-dealkylation sites (N-methyl/N-ethyl adjacent to an activating group) is 1. The molecule has 0 fully saturated rings. The predicted molar refractivity (Wildman–Crippen MR) is 135 cm³/mol. The fourth-order valence-electron chi connectivity index (χ4n) is 3.89. The predicted octanol–water partition coefficient (Wildman–Crippen LogP) is 3.51. The average molecular weight is 494 g/mol. The van der Waals surface area contributed by atoms with Crippen LogP contribution >= 0.6 is 0 Å². The van der Waals surface area contributed by atoms with Crippen LogP contribution in [0.25, 0.3) is 11.1 Å². The molecule has 35 heavy (non-hydrogen) atoms. The highest BCUT2D eigenvalue weighted by molar-refractivity contribution is 7.87. The van der Waals surface area contributed by atoms with Gasteiger partial charge in [0.2, 0.25) is 0 Å². The minimum Gasteiger partial charge on any atom is -0.497 e. The van der Waals surface area contributed by atoms with E-state index in [1.165, 1.54) is 17.0 Å². The number of carbonyl (C=O) groups is 1. The van der Waals surface area contributed by atoms with Crippen LogP contribution in [0.3, 0.4) is 0 Å². The topological polar surface area (TPSA) is 111 Å². The van der Waals surface area contributed by atoms with Gasteiger partial charge in [-0.15, -0.1) is 0 Å². The molecule has 2 N–H and O–H groups in total. The highest BCUT2D eigenvalue weighted by atomic mass is 32.2. The number of nitrogens with two attached hydrogens (primary N) is 1. The molecule has 9 heteroatoms. The van der Waals surface area contributed by atoms with Gasteiger partial charge in [-0.1, -0.05) is 42.5 Å². The second kappa shape index (κ2) is 9.07. The van der Waals surface area contributed by atoms with Gasteiger partial charge in [0.1, 0.15) is 11.5 Å². The monoisotopic (exact) mass is 493 g/mol. The van der Waals surface area contributed by atoms with Gasteiger partial charge in [0.25, 0.3) is 5.91 Å². The Hall–Kier alpha value is -3.85. The molecule has 182 valence electrons. The maximum Gasteiger partial charge on any atom is 0.311 e. The Bertz CT molecular complexity index is 1400. The lowest BCUT2D eigenvalue weighted by Gasteiger charge is -2.26. The summed E-state index contributed by atoms with van der Waals surface area (Å²) in [5, 5.41) is -0.692. The van der Waals surface area contributed by atoms with E-state index in [9.17, 15) is 13.2 Å². The van der Waals surface area contributed by atoms with E-state index in [0.717, 1.165) is 11.1 Å². The molecule has 3 aromatic rings. The molecular formula is C26H27N3O5S. The van der Waals surface area contributed by atoms with Crippen LogP contribution in [0.15, 0.2) is 77.8 Å². The Morgan fingerprint density at radius 2 is 1.54 bits per heavy atom. The zero-order valence-electron chi connectivity index (χ0n) is 19.9. The molecule has 1 heterocycles. The number of carbonyl (C=O) groups excluding carboxylic acids is 1. The van der Waals surface area contributed by atoms with Gasteiger partial charge in [-0.3, -0.25) is 9.69 Å². The van der Waals surface area contributed by atoms with Crippen molar-refractivity contribution in [1.29, 1.82) is 0 Å². The molecule has 1 atom stereocenters. The Kier molecular flexibility index (Phi) is 6.29. The quantitative estimate of drug-likeness (QED) is 0.504. The van der Waals surface area contributed by atoms with Crippen molar-refractivity contribution in [3.8, 4) is 22.6 Å². The van der Waals surface area contributed by atoms with Crippen molar-refractivity contribution in [2.24, 2.45) is 10.7 Å². The van der Waals surface area contributed by atoms with E-state index in [0.29, 0.717) is 16.9 Å². The second-order valence-corrected chi connectivity index (χ2v) is 10.6. The van der Waals surface area contributed by atoms with Crippen molar-refractivity contribution < 1.29 is 22.1 Å². The summed E-state index contributed by atoms with van der Waals surface area (Å²) in [5.41, 5.74) is 7.61. The number of hydrogen-bond acceptors (Lipinski definition) is 7. The van der Waals surface area contributed by atoms with E-state index in [-0.39, 0.29) is 17.6 Å². The fraction of sp³-hybridized carbons (Fsp3) is 0.231. The number of nitrogens with zero attached hydrogens (tertiary/aromatic N) is 2. The summed E-state index contributed by atoms with van der Waals surface area (Å²) in [5.74, 6) is 0.637. The minimum atomic E-state index is -3.75. The molecule has 0 spiro atoms. The molecule has 0 bridgehead atoms. The normalized spacial score (nSPS) is 18.0. The lowest BCUT2D eigenvalue weighted by atomic mass is 9.81. The fourth-order valence-corrected chi connectivity index (χ4v) is 4.46. The van der Waals surface area contributed by atoms with E-state index in [1.54, 1.807) is 40.1 Å². The lowest BCUT2D eigenvalue weighted by Crippen LogP contribution is -2.41. The van der Waals surface area contributed by atoms with E-state index in [2.05, 4.69) is 4.99 Å². The van der Waals surface area contributed by atoms with E-state index >= 15 is 0 Å². The Balaban J connectivity index is 1.82. The highest BCUT2D eigenvalue weighted by Crippen LogP contribution is 2.41. The number of methoxy groups -OCH3 is 1. The summed E-state index contributed by atoms with van der Waals surface area (Å²) in [4.78, 5) is 19.5. The summed E-state index contributed by atoms with van der Waals surface area (Å²) < 4.78 is 34.8. The van der Waals surface area contributed by atoms with Crippen LogP contribution in [0.5, 0.6) is 11.5 Å². The van der Waals surface area contributed by atoms with Gasteiger partial charge in [0.05, 0.1) is 12.4 Å². The van der Waals surface area contributed by atoms with Gasteiger partial charge in [0, 0.05) is 7.05 Å². The Labute approximate surface area is 205 Å². The van der Waals surface area contributed by atoms with Crippen molar-refractivity contribution in [3.63, 3.8) is 0 Å². The third kappa shape index (κ3) is 4.35. The standard InChI is InChI=1S/C26H27N3O5S/c1-17(2)35(31,32)34-22-13-11-20(12-14-22)26(24(30)29(3)25(27)28-26)21-9-5-7-18(15-21)19-8-6-10-23(16-19)33-4/h5-17H,1-4H3,(H2,27,28). The van der Waals surface area contributed by atoms with Gasteiger partial charge in [-0.05, 0) is 66.4 Å². The summed E-state index contributed by atoms with van der Waals surface area (Å²) in [6, 6.07) is 21.4. The number of guanidine groups is 1. The van der Waals surface area contributed by atoms with E-state index in [1.807, 2.05) is 48.5 Å². The number of ether oxygens (including phenoxy) is 1. The first-order valence-corrected chi connectivity index (χ1v) is 12.5. The van der Waals surface area contributed by atoms with Crippen LogP contribution in [0.4, 0.5) is 0 Å². The van der Waals surface area contributed by atoms with Crippen LogP contribution in [-0.4, -0.2) is 44.6 Å². The third-order valence-electron chi connectivity index (χ3n) is 5.99. The van der Waals surface area contributed by atoms with Crippen LogP contribution in [0.1, 0.15) is 25.0 Å². The first-order valence-electron chi connectivity index (χ1n) is 11.0. The Morgan fingerprint density at radius 1 is 0.914 bits per heavy atom. The Morgan fingerprint density at radius 3 is 2.11 bits per heavy atom. The molecule has 0 radical (unpaired) electrons. The molecule has 8 nitrogen and oxygen atoms in total. The summed E-state index contributed by atoms with van der Waals surface area (Å²) >= 11 is 0. The molecule has 0 saturated heterocycles. The number of amides is 1. The summed E-state index contributed by atoms with van der Waals surface area (Å²) in [7, 11) is -0.577. The molecular weight excluding hydrogens is 466 g/mol. The second-order valence-electron chi connectivity index (χ2n) is 8.51.